The van der Waals surface area contributed by atoms with Crippen LogP contribution in [0, 0.1) is 0 Å². The fourth-order valence-corrected chi connectivity index (χ4v) is 5.26. The SMILES string of the molecule is CC.Nc1cc(CN(C(=O)c2ccc(C(F)(F)F)nc2)c2cccc3c2S(=O)CC3)ccc1Br. The van der Waals surface area contributed by atoms with E-state index >= 15 is 0 Å². The van der Waals surface area contributed by atoms with Gasteiger partial charge >= 0.3 is 6.18 Å². The highest BCUT2D eigenvalue weighted by Crippen LogP contribution is 2.35. The van der Waals surface area contributed by atoms with E-state index in [2.05, 4.69) is 20.9 Å². The third-order valence-electron chi connectivity index (χ3n) is 5.10. The van der Waals surface area contributed by atoms with Crippen LogP contribution in [-0.2, 0) is 29.9 Å². The summed E-state index contributed by atoms with van der Waals surface area (Å²) in [5.41, 5.74) is 7.43. The number of nitrogen functional groups attached to an aromatic ring is 1. The number of aryl methyl sites for hydroxylation is 1. The number of amides is 1. The molecule has 10 heteroatoms. The van der Waals surface area contributed by atoms with Crippen molar-refractivity contribution in [3.63, 3.8) is 0 Å². The molecule has 2 heterocycles. The molecule has 1 unspecified atom stereocenters. The van der Waals surface area contributed by atoms with E-state index in [1.54, 1.807) is 30.3 Å². The number of carbonyl (C=O) groups excluding carboxylic acids is 1. The van der Waals surface area contributed by atoms with Gasteiger partial charge < -0.3 is 10.6 Å². The number of nitrogens with two attached hydrogens (primary N) is 1. The number of hydrogen-bond donors (Lipinski definition) is 1. The molecule has 0 spiro atoms. The first-order valence-corrected chi connectivity index (χ1v) is 12.7. The number of benzene rings is 2. The molecule has 34 heavy (non-hydrogen) atoms. The van der Waals surface area contributed by atoms with Crippen LogP contribution in [0.1, 0.15) is 41.0 Å². The molecule has 0 bridgehead atoms. The summed E-state index contributed by atoms with van der Waals surface area (Å²) in [5, 5.41) is 0. The number of rotatable bonds is 4. The first-order valence-electron chi connectivity index (χ1n) is 10.5. The van der Waals surface area contributed by atoms with Crippen LogP contribution in [0.5, 0.6) is 0 Å². The van der Waals surface area contributed by atoms with E-state index in [4.69, 9.17) is 5.73 Å². The van der Waals surface area contributed by atoms with Crippen LogP contribution in [0.15, 0.2) is 64.1 Å². The van der Waals surface area contributed by atoms with Gasteiger partial charge in [0.15, 0.2) is 0 Å². The van der Waals surface area contributed by atoms with Gasteiger partial charge in [0, 0.05) is 22.1 Å². The highest BCUT2D eigenvalue weighted by atomic mass is 79.9. The summed E-state index contributed by atoms with van der Waals surface area (Å²) in [6, 6.07) is 12.4. The minimum atomic E-state index is -4.60. The number of halogens is 4. The molecule has 2 aromatic carbocycles. The lowest BCUT2D eigenvalue weighted by Crippen LogP contribution is -2.31. The fourth-order valence-electron chi connectivity index (χ4n) is 3.53. The maximum Gasteiger partial charge on any atom is 0.433 e. The standard InChI is InChI=1S/C22H17BrF3N3O2S.C2H6/c23-16-6-4-13(10-17(16)27)12-29(18-3-1-2-14-8-9-32(31)20(14)18)21(30)15-5-7-19(28-11-15)22(24,25)26;1-2/h1-7,10-11H,8-9,12,27H2;1-2H3. The molecule has 4 rings (SSSR count). The van der Waals surface area contributed by atoms with Gasteiger partial charge in [-0.1, -0.05) is 32.0 Å². The van der Waals surface area contributed by atoms with Gasteiger partial charge in [-0.15, -0.1) is 0 Å². The van der Waals surface area contributed by atoms with Gasteiger partial charge in [-0.2, -0.15) is 13.2 Å². The normalized spacial score (nSPS) is 14.7. The van der Waals surface area contributed by atoms with Crippen molar-refractivity contribution >= 4 is 44.0 Å². The molecule has 0 fully saturated rings. The molecular formula is C24H23BrF3N3O2S. The first-order chi connectivity index (χ1) is 16.1. The minimum Gasteiger partial charge on any atom is -0.398 e. The van der Waals surface area contributed by atoms with Crippen molar-refractivity contribution in [2.24, 2.45) is 0 Å². The van der Waals surface area contributed by atoms with E-state index in [0.717, 1.165) is 23.9 Å². The predicted molar refractivity (Wildman–Crippen MR) is 131 cm³/mol. The molecule has 1 atom stereocenters. The van der Waals surface area contributed by atoms with Gasteiger partial charge in [0.2, 0.25) is 0 Å². The van der Waals surface area contributed by atoms with Gasteiger partial charge in [-0.3, -0.25) is 14.0 Å². The molecule has 1 aliphatic heterocycles. The lowest BCUT2D eigenvalue weighted by atomic mass is 10.1. The van der Waals surface area contributed by atoms with Crippen LogP contribution in [0.4, 0.5) is 24.5 Å². The van der Waals surface area contributed by atoms with Crippen molar-refractivity contribution < 1.29 is 22.2 Å². The van der Waals surface area contributed by atoms with Gasteiger partial charge in [0.05, 0.1) is 33.5 Å². The van der Waals surface area contributed by atoms with Crippen molar-refractivity contribution in [2.75, 3.05) is 16.4 Å². The second-order valence-electron chi connectivity index (χ2n) is 7.24. The number of alkyl halides is 3. The first kappa shape index (κ1) is 25.9. The molecule has 0 aliphatic carbocycles. The Morgan fingerprint density at radius 1 is 1.18 bits per heavy atom. The summed E-state index contributed by atoms with van der Waals surface area (Å²) in [5.74, 6) is -0.0911. The Morgan fingerprint density at radius 2 is 1.91 bits per heavy atom. The molecule has 5 nitrogen and oxygen atoms in total. The molecular weight excluding hydrogens is 531 g/mol. The van der Waals surface area contributed by atoms with Crippen LogP contribution in [-0.4, -0.2) is 20.9 Å². The van der Waals surface area contributed by atoms with Gasteiger partial charge in [-0.25, -0.2) is 0 Å². The monoisotopic (exact) mass is 553 g/mol. The summed E-state index contributed by atoms with van der Waals surface area (Å²) in [4.78, 5) is 18.8. The number of anilines is 2. The van der Waals surface area contributed by atoms with Crippen LogP contribution in [0.2, 0.25) is 0 Å². The third-order valence-corrected chi connectivity index (χ3v) is 7.32. The molecule has 0 saturated heterocycles. The smallest absolute Gasteiger partial charge is 0.398 e. The number of hydrogen-bond acceptors (Lipinski definition) is 4. The second kappa shape index (κ2) is 10.7. The Kier molecular flexibility index (Phi) is 8.14. The number of pyridine rings is 1. The third kappa shape index (κ3) is 5.50. The molecule has 1 amide bonds. The molecule has 3 aromatic rings. The van der Waals surface area contributed by atoms with Crippen molar-refractivity contribution in [3.8, 4) is 0 Å². The van der Waals surface area contributed by atoms with E-state index in [1.165, 1.54) is 4.90 Å². The zero-order valence-corrected chi connectivity index (χ0v) is 20.9. The molecule has 1 aromatic heterocycles. The zero-order valence-electron chi connectivity index (χ0n) is 18.5. The largest absolute Gasteiger partial charge is 0.433 e. The maximum absolute atomic E-state index is 13.4. The Labute approximate surface area is 206 Å². The summed E-state index contributed by atoms with van der Waals surface area (Å²) >= 11 is 3.33. The van der Waals surface area contributed by atoms with Gasteiger partial charge in [0.1, 0.15) is 5.69 Å². The van der Waals surface area contributed by atoms with E-state index in [1.807, 2.05) is 19.9 Å². The van der Waals surface area contributed by atoms with Crippen molar-refractivity contribution in [2.45, 2.75) is 37.9 Å². The molecule has 180 valence electrons. The number of carbonyl (C=O) groups is 1. The topological polar surface area (TPSA) is 76.3 Å². The van der Waals surface area contributed by atoms with E-state index < -0.39 is 28.6 Å². The lowest BCUT2D eigenvalue weighted by Gasteiger charge is -2.25. The quantitative estimate of drug-likeness (QED) is 0.403. The molecule has 1 aliphatic rings. The Bertz CT molecular complexity index is 1220. The number of nitrogens with zero attached hydrogens (tertiary/aromatic N) is 2. The minimum absolute atomic E-state index is 0.00975. The summed E-state index contributed by atoms with van der Waals surface area (Å²) in [6.07, 6.45) is -3.06. The summed E-state index contributed by atoms with van der Waals surface area (Å²) < 4.78 is 52.0. The van der Waals surface area contributed by atoms with E-state index in [0.29, 0.717) is 38.5 Å². The van der Waals surface area contributed by atoms with Crippen LogP contribution in [0.25, 0.3) is 0 Å². The molecule has 0 saturated carbocycles. The molecule has 2 N–H and O–H groups in total. The highest BCUT2D eigenvalue weighted by molar-refractivity contribution is 9.10. The van der Waals surface area contributed by atoms with Crippen LogP contribution in [0.3, 0.4) is 0 Å². The van der Waals surface area contributed by atoms with Gasteiger partial charge in [0.25, 0.3) is 5.91 Å². The summed E-state index contributed by atoms with van der Waals surface area (Å²) in [6.45, 7) is 4.09. The van der Waals surface area contributed by atoms with Crippen molar-refractivity contribution in [3.05, 3.63) is 81.6 Å². The number of fused-ring (bicyclic) bond motifs is 1. The maximum atomic E-state index is 13.4. The number of aromatic nitrogens is 1. The average Bonchev–Trinajstić information content (AvgIpc) is 3.21. The van der Waals surface area contributed by atoms with Crippen LogP contribution >= 0.6 is 15.9 Å². The predicted octanol–water partition coefficient (Wildman–Crippen LogP) is 5.98. The van der Waals surface area contributed by atoms with Crippen LogP contribution < -0.4 is 10.6 Å². The lowest BCUT2D eigenvalue weighted by molar-refractivity contribution is -0.141. The van der Waals surface area contributed by atoms with E-state index in [9.17, 15) is 22.2 Å². The zero-order chi connectivity index (χ0) is 25.0. The second-order valence-corrected chi connectivity index (χ2v) is 9.60. The molecule has 0 radical (unpaired) electrons. The van der Waals surface area contributed by atoms with Crippen molar-refractivity contribution in [1.29, 1.82) is 0 Å². The summed E-state index contributed by atoms with van der Waals surface area (Å²) in [7, 11) is -1.27. The Hall–Kier alpha value is -2.72. The highest BCUT2D eigenvalue weighted by Gasteiger charge is 2.33. The average molecular weight is 554 g/mol. The Morgan fingerprint density at radius 3 is 2.53 bits per heavy atom. The Balaban J connectivity index is 0.00000158. The van der Waals surface area contributed by atoms with Crippen molar-refractivity contribution in [1.82, 2.24) is 4.98 Å². The fraction of sp³-hybridized carbons (Fsp3) is 0.250. The van der Waals surface area contributed by atoms with E-state index in [-0.39, 0.29) is 12.1 Å². The van der Waals surface area contributed by atoms with Gasteiger partial charge in [-0.05, 0) is 63.8 Å².